The average molecular weight is 455 g/mol. The molecule has 162 valence electrons. The molecule has 3 N–H and O–H groups in total. The minimum Gasteiger partial charge on any atom is -0.368 e. The molecule has 0 aliphatic carbocycles. The molecule has 0 bridgehead atoms. The van der Waals surface area contributed by atoms with Gasteiger partial charge in [0.15, 0.2) is 0 Å². The summed E-state index contributed by atoms with van der Waals surface area (Å²) in [6, 6.07) is 12.2. The maximum Gasteiger partial charge on any atom is 0.256 e. The maximum atomic E-state index is 13.9. The van der Waals surface area contributed by atoms with Gasteiger partial charge in [0.2, 0.25) is 0 Å². The molecule has 30 heavy (non-hydrogen) atoms. The molecule has 1 aromatic heterocycles. The Labute approximate surface area is 186 Å². The van der Waals surface area contributed by atoms with Crippen LogP contribution in [0.3, 0.4) is 0 Å². The minimum atomic E-state index is -0.801. The number of ether oxygens (including phenoxy) is 1. The van der Waals surface area contributed by atoms with Gasteiger partial charge in [0.05, 0.1) is 11.0 Å². The first-order chi connectivity index (χ1) is 13.6. The first-order valence-electron chi connectivity index (χ1n) is 9.39. The average Bonchev–Trinajstić information content (AvgIpc) is 3.12. The number of aromatic nitrogens is 2. The number of hydrogen-bond donors (Lipinski definition) is 3. The number of carbonyl (C=O) groups excluding carboxylic acids is 1. The SMILES string of the molecule is COC1(C(=O)Nc2ccc3nc(Cc4ccccc4F)[nH]c3c2)CCNCC1.Cl.Cl. The number of halogens is 3. The molecule has 1 fully saturated rings. The number of H-pyrrole nitrogens is 1. The summed E-state index contributed by atoms with van der Waals surface area (Å²) in [5.74, 6) is 0.292. The van der Waals surface area contributed by atoms with E-state index in [4.69, 9.17) is 4.74 Å². The largest absolute Gasteiger partial charge is 0.368 e. The summed E-state index contributed by atoms with van der Waals surface area (Å²) in [6.45, 7) is 1.50. The van der Waals surface area contributed by atoms with Crippen LogP contribution in [0.2, 0.25) is 0 Å². The predicted molar refractivity (Wildman–Crippen MR) is 120 cm³/mol. The zero-order valence-corrected chi connectivity index (χ0v) is 18.2. The van der Waals surface area contributed by atoms with Crippen LogP contribution in [0, 0.1) is 5.82 Å². The highest BCUT2D eigenvalue weighted by Gasteiger charge is 2.39. The highest BCUT2D eigenvalue weighted by atomic mass is 35.5. The summed E-state index contributed by atoms with van der Waals surface area (Å²) in [5.41, 5.74) is 2.02. The topological polar surface area (TPSA) is 79.0 Å². The lowest BCUT2D eigenvalue weighted by atomic mass is 9.91. The third-order valence-corrected chi connectivity index (χ3v) is 5.32. The van der Waals surface area contributed by atoms with E-state index in [1.54, 1.807) is 25.3 Å². The molecular weight excluding hydrogens is 430 g/mol. The highest BCUT2D eigenvalue weighted by molar-refractivity contribution is 5.98. The number of aromatic amines is 1. The van der Waals surface area contributed by atoms with Crippen molar-refractivity contribution in [3.8, 4) is 0 Å². The van der Waals surface area contributed by atoms with Crippen molar-refractivity contribution in [2.24, 2.45) is 0 Å². The molecule has 2 heterocycles. The number of nitrogens with one attached hydrogen (secondary N) is 3. The van der Waals surface area contributed by atoms with Crippen molar-refractivity contribution in [3.63, 3.8) is 0 Å². The van der Waals surface area contributed by atoms with Crippen molar-refractivity contribution in [3.05, 3.63) is 59.7 Å². The van der Waals surface area contributed by atoms with Gasteiger partial charge in [-0.15, -0.1) is 24.8 Å². The van der Waals surface area contributed by atoms with Crippen LogP contribution < -0.4 is 10.6 Å². The Balaban J connectivity index is 0.00000160. The van der Waals surface area contributed by atoms with Crippen molar-refractivity contribution >= 4 is 47.4 Å². The number of methoxy groups -OCH3 is 1. The molecule has 2 aromatic carbocycles. The van der Waals surface area contributed by atoms with Gasteiger partial charge in [-0.3, -0.25) is 4.79 Å². The van der Waals surface area contributed by atoms with E-state index >= 15 is 0 Å². The molecule has 1 saturated heterocycles. The Morgan fingerprint density at radius 1 is 1.20 bits per heavy atom. The minimum absolute atomic E-state index is 0. The van der Waals surface area contributed by atoms with Crippen LogP contribution >= 0.6 is 24.8 Å². The first kappa shape index (κ1) is 24.1. The summed E-state index contributed by atoms with van der Waals surface area (Å²) < 4.78 is 19.5. The Hall–Kier alpha value is -2.19. The lowest BCUT2D eigenvalue weighted by Gasteiger charge is -2.34. The van der Waals surface area contributed by atoms with Crippen molar-refractivity contribution in [1.29, 1.82) is 0 Å². The van der Waals surface area contributed by atoms with Gasteiger partial charge < -0.3 is 20.4 Å². The quantitative estimate of drug-likeness (QED) is 0.546. The molecular formula is C21H25Cl2FN4O2. The van der Waals surface area contributed by atoms with Crippen LogP contribution in [0.5, 0.6) is 0 Å². The fourth-order valence-corrected chi connectivity index (χ4v) is 3.65. The van der Waals surface area contributed by atoms with E-state index in [0.717, 1.165) is 24.1 Å². The van der Waals surface area contributed by atoms with Crippen LogP contribution in [0.15, 0.2) is 42.5 Å². The van der Waals surface area contributed by atoms with Crippen molar-refractivity contribution in [2.75, 3.05) is 25.5 Å². The van der Waals surface area contributed by atoms with E-state index in [1.807, 2.05) is 18.2 Å². The second-order valence-electron chi connectivity index (χ2n) is 7.09. The number of nitrogens with zero attached hydrogens (tertiary/aromatic N) is 1. The molecule has 3 aromatic rings. The lowest BCUT2D eigenvalue weighted by molar-refractivity contribution is -0.140. The first-order valence-corrected chi connectivity index (χ1v) is 9.39. The number of amides is 1. The van der Waals surface area contributed by atoms with Crippen molar-refractivity contribution in [2.45, 2.75) is 24.9 Å². The number of hydrogen-bond acceptors (Lipinski definition) is 4. The van der Waals surface area contributed by atoms with Gasteiger partial charge in [-0.1, -0.05) is 18.2 Å². The Bertz CT molecular complexity index is 1010. The Morgan fingerprint density at radius 3 is 2.63 bits per heavy atom. The van der Waals surface area contributed by atoms with Gasteiger partial charge in [-0.05, 0) is 55.8 Å². The van der Waals surface area contributed by atoms with E-state index in [9.17, 15) is 9.18 Å². The van der Waals surface area contributed by atoms with Crippen molar-refractivity contribution < 1.29 is 13.9 Å². The van der Waals surface area contributed by atoms with Crippen LogP contribution in [0.4, 0.5) is 10.1 Å². The summed E-state index contributed by atoms with van der Waals surface area (Å²) >= 11 is 0. The number of piperidine rings is 1. The molecule has 1 amide bonds. The van der Waals surface area contributed by atoms with E-state index in [0.29, 0.717) is 36.3 Å². The highest BCUT2D eigenvalue weighted by Crippen LogP contribution is 2.26. The Morgan fingerprint density at radius 2 is 1.93 bits per heavy atom. The second kappa shape index (κ2) is 10.2. The number of anilines is 1. The second-order valence-corrected chi connectivity index (χ2v) is 7.09. The summed E-state index contributed by atoms with van der Waals surface area (Å²) in [5, 5.41) is 6.21. The van der Waals surface area contributed by atoms with Gasteiger partial charge in [-0.2, -0.15) is 0 Å². The number of carbonyl (C=O) groups is 1. The number of fused-ring (bicyclic) bond motifs is 1. The van der Waals surface area contributed by atoms with E-state index in [1.165, 1.54) is 6.07 Å². The fraction of sp³-hybridized carbons (Fsp3) is 0.333. The van der Waals surface area contributed by atoms with Gasteiger partial charge in [0.1, 0.15) is 17.2 Å². The van der Waals surface area contributed by atoms with Gasteiger partial charge in [0.25, 0.3) is 5.91 Å². The molecule has 0 atom stereocenters. The van der Waals surface area contributed by atoms with Crippen LogP contribution in [0.1, 0.15) is 24.2 Å². The van der Waals surface area contributed by atoms with Crippen molar-refractivity contribution in [1.82, 2.24) is 15.3 Å². The van der Waals surface area contributed by atoms with Crippen LogP contribution in [-0.2, 0) is 16.0 Å². The predicted octanol–water partition coefficient (Wildman–Crippen LogP) is 3.84. The molecule has 6 nitrogen and oxygen atoms in total. The number of benzene rings is 2. The third-order valence-electron chi connectivity index (χ3n) is 5.32. The Kier molecular flexibility index (Phi) is 8.20. The zero-order valence-electron chi connectivity index (χ0n) is 16.5. The number of imidazole rings is 1. The molecule has 1 aliphatic rings. The maximum absolute atomic E-state index is 13.9. The monoisotopic (exact) mass is 454 g/mol. The van der Waals surface area contributed by atoms with E-state index in [2.05, 4.69) is 20.6 Å². The lowest BCUT2D eigenvalue weighted by Crippen LogP contribution is -2.51. The molecule has 1 aliphatic heterocycles. The molecule has 0 radical (unpaired) electrons. The molecule has 4 rings (SSSR count). The molecule has 9 heteroatoms. The zero-order chi connectivity index (χ0) is 19.6. The molecule has 0 spiro atoms. The van der Waals surface area contributed by atoms with Crippen LogP contribution in [-0.4, -0.2) is 41.7 Å². The van der Waals surface area contributed by atoms with Crippen LogP contribution in [0.25, 0.3) is 11.0 Å². The van der Waals surface area contributed by atoms with E-state index < -0.39 is 5.60 Å². The standard InChI is InChI=1S/C21H23FN4O2.2ClH/c1-28-21(8-10-23-11-9-21)20(27)24-15-6-7-17-18(13-15)26-19(25-17)12-14-4-2-3-5-16(14)22;;/h2-7,13,23H,8-12H2,1H3,(H,24,27)(H,25,26);2*1H. The molecule has 0 unspecified atom stereocenters. The van der Waals surface area contributed by atoms with Gasteiger partial charge >= 0.3 is 0 Å². The molecule has 0 saturated carbocycles. The number of rotatable bonds is 5. The summed E-state index contributed by atoms with van der Waals surface area (Å²) in [4.78, 5) is 20.5. The third kappa shape index (κ3) is 4.92. The summed E-state index contributed by atoms with van der Waals surface area (Å²) in [7, 11) is 1.58. The smallest absolute Gasteiger partial charge is 0.256 e. The summed E-state index contributed by atoms with van der Waals surface area (Å²) in [6.07, 6.45) is 1.64. The van der Waals surface area contributed by atoms with E-state index in [-0.39, 0.29) is 36.5 Å². The van der Waals surface area contributed by atoms with Gasteiger partial charge in [0, 0.05) is 19.2 Å². The van der Waals surface area contributed by atoms with Gasteiger partial charge in [-0.25, -0.2) is 9.37 Å². The fourth-order valence-electron chi connectivity index (χ4n) is 3.65. The normalized spacial score (nSPS) is 15.1.